The molecule has 1 atom stereocenters. The number of aromatic hydroxyl groups is 1. The van der Waals surface area contributed by atoms with Crippen LogP contribution < -0.4 is 10.6 Å². The zero-order valence-corrected chi connectivity index (χ0v) is 20.7. The van der Waals surface area contributed by atoms with Gasteiger partial charge in [0.1, 0.15) is 6.54 Å². The number of carboxylic acids is 1. The molecular weight excluding hydrogens is 462 g/mol. The normalized spacial score (nSPS) is 12.3. The monoisotopic (exact) mass is 489 g/mol. The number of aromatic nitrogens is 2. The summed E-state index contributed by atoms with van der Waals surface area (Å²) >= 11 is 2.74. The number of nitrogens with one attached hydrogen (secondary N) is 2. The van der Waals surface area contributed by atoms with Crippen LogP contribution in [0.2, 0.25) is 0 Å². The molecule has 0 bridgehead atoms. The number of anilines is 3. The Morgan fingerprint density at radius 1 is 1.15 bits per heavy atom. The highest BCUT2D eigenvalue weighted by molar-refractivity contribution is 7.12. The zero-order chi connectivity index (χ0) is 24.3. The lowest BCUT2D eigenvalue weighted by atomic mass is 9.86. The Morgan fingerprint density at radius 2 is 1.85 bits per heavy atom. The van der Waals surface area contributed by atoms with Gasteiger partial charge in [-0.25, -0.2) is 0 Å². The molecule has 1 aromatic carbocycles. The lowest BCUT2D eigenvalue weighted by molar-refractivity contribution is -0.137. The highest BCUT2D eigenvalue weighted by Gasteiger charge is 2.29. The summed E-state index contributed by atoms with van der Waals surface area (Å²) < 4.78 is 8.70. The van der Waals surface area contributed by atoms with Gasteiger partial charge in [0.2, 0.25) is 0 Å². The van der Waals surface area contributed by atoms with E-state index < -0.39 is 18.4 Å². The van der Waals surface area contributed by atoms with Gasteiger partial charge >= 0.3 is 5.97 Å². The van der Waals surface area contributed by atoms with Crippen LogP contribution in [-0.4, -0.2) is 49.3 Å². The van der Waals surface area contributed by atoms with Gasteiger partial charge in [-0.3, -0.25) is 9.59 Å². The Bertz CT molecular complexity index is 1150. The van der Waals surface area contributed by atoms with Crippen LogP contribution in [-0.2, 0) is 4.79 Å². The lowest BCUT2D eigenvalue weighted by Crippen LogP contribution is -2.32. The van der Waals surface area contributed by atoms with E-state index >= 15 is 0 Å². The third-order valence-electron chi connectivity index (χ3n) is 4.92. The number of aryl methyl sites for hydroxylation is 1. The van der Waals surface area contributed by atoms with Gasteiger partial charge in [-0.2, -0.15) is 8.75 Å². The summed E-state index contributed by atoms with van der Waals surface area (Å²) in [6.07, 6.45) is 0. The molecule has 3 aromatic rings. The van der Waals surface area contributed by atoms with Crippen LogP contribution in [0, 0.1) is 12.3 Å². The molecule has 2 aromatic heterocycles. The second-order valence-corrected chi connectivity index (χ2v) is 10.6. The SMILES string of the molecule is Cc1ccc([C@H](Nc2nsnc2Nc2cccc(C(=O)N(C)CC(=O)O)c2O)C(C)(C)C)s1. The van der Waals surface area contributed by atoms with E-state index in [2.05, 4.69) is 59.2 Å². The summed E-state index contributed by atoms with van der Waals surface area (Å²) in [6.45, 7) is 8.01. The number of hydrogen-bond acceptors (Lipinski definition) is 9. The Hall–Kier alpha value is -3.18. The van der Waals surface area contributed by atoms with E-state index in [4.69, 9.17) is 5.11 Å². The van der Waals surface area contributed by atoms with Gasteiger partial charge in [-0.1, -0.05) is 26.8 Å². The first-order chi connectivity index (χ1) is 15.5. The molecule has 0 aliphatic rings. The molecule has 1 amide bonds. The van der Waals surface area contributed by atoms with Crippen molar-refractivity contribution in [3.8, 4) is 5.75 Å². The molecule has 0 spiro atoms. The van der Waals surface area contributed by atoms with Crippen molar-refractivity contribution in [1.82, 2.24) is 13.6 Å². The predicted octanol–water partition coefficient (Wildman–Crippen LogP) is 4.71. The summed E-state index contributed by atoms with van der Waals surface area (Å²) in [5.41, 5.74) is 0.143. The van der Waals surface area contributed by atoms with E-state index in [9.17, 15) is 14.7 Å². The van der Waals surface area contributed by atoms with Gasteiger partial charge in [-0.05, 0) is 36.6 Å². The third kappa shape index (κ3) is 5.79. The number of nitrogens with zero attached hydrogens (tertiary/aromatic N) is 3. The summed E-state index contributed by atoms with van der Waals surface area (Å²) in [5, 5.41) is 26.2. The molecular formula is C22H27N5O4S2. The molecule has 11 heteroatoms. The number of hydrogen-bond donors (Lipinski definition) is 4. The summed E-state index contributed by atoms with van der Waals surface area (Å²) in [7, 11) is 1.36. The van der Waals surface area contributed by atoms with Gasteiger partial charge in [0.25, 0.3) is 5.91 Å². The number of likely N-dealkylation sites (N-methyl/N-ethyl adjacent to an activating group) is 1. The second kappa shape index (κ2) is 9.75. The van der Waals surface area contributed by atoms with Gasteiger partial charge in [0.05, 0.1) is 29.0 Å². The molecule has 3 rings (SSSR count). The fourth-order valence-electron chi connectivity index (χ4n) is 3.25. The van der Waals surface area contributed by atoms with Crippen molar-refractivity contribution < 1.29 is 19.8 Å². The quantitative estimate of drug-likeness (QED) is 0.335. The molecule has 0 saturated heterocycles. The molecule has 0 aliphatic heterocycles. The number of aliphatic carboxylic acids is 1. The Morgan fingerprint density at radius 3 is 2.45 bits per heavy atom. The number of phenols is 1. The molecule has 4 N–H and O–H groups in total. The van der Waals surface area contributed by atoms with Crippen LogP contribution in [0.3, 0.4) is 0 Å². The summed E-state index contributed by atoms with van der Waals surface area (Å²) in [5.74, 6) is -1.08. The minimum atomic E-state index is -1.14. The lowest BCUT2D eigenvalue weighted by Gasteiger charge is -2.31. The van der Waals surface area contributed by atoms with E-state index in [0.29, 0.717) is 11.6 Å². The zero-order valence-electron chi connectivity index (χ0n) is 19.0. The topological polar surface area (TPSA) is 128 Å². The number of carbonyl (C=O) groups is 2. The minimum Gasteiger partial charge on any atom is -0.505 e. The van der Waals surface area contributed by atoms with E-state index in [1.54, 1.807) is 23.5 Å². The standard InChI is InChI=1S/C22H27N5O4S2/c1-12-9-10-15(32-12)18(22(2,3)4)24-20-19(25-33-26-20)23-14-8-6-7-13(17(14)30)21(31)27(5)11-16(28)29/h6-10,18,30H,11H2,1-5H3,(H,23,25)(H,24,26)(H,28,29)/t18-/m0/s1. The molecule has 0 aliphatic carbocycles. The van der Waals surface area contributed by atoms with Gasteiger partial charge in [0.15, 0.2) is 17.4 Å². The molecule has 33 heavy (non-hydrogen) atoms. The predicted molar refractivity (Wildman–Crippen MR) is 131 cm³/mol. The molecule has 0 radical (unpaired) electrons. The molecule has 9 nitrogen and oxygen atoms in total. The van der Waals surface area contributed by atoms with Crippen molar-refractivity contribution >= 4 is 52.3 Å². The minimum absolute atomic E-state index is 0.0110. The average Bonchev–Trinajstić information content (AvgIpc) is 3.34. The first kappa shape index (κ1) is 24.5. The number of carboxylic acid groups (broad SMARTS) is 1. The van der Waals surface area contributed by atoms with Crippen molar-refractivity contribution in [2.45, 2.75) is 33.7 Å². The van der Waals surface area contributed by atoms with Crippen LogP contribution in [0.15, 0.2) is 30.3 Å². The first-order valence-electron chi connectivity index (χ1n) is 10.2. The van der Waals surface area contributed by atoms with Crippen molar-refractivity contribution in [3.05, 3.63) is 45.6 Å². The number of para-hydroxylation sites is 1. The maximum Gasteiger partial charge on any atom is 0.323 e. The highest BCUT2D eigenvalue weighted by Crippen LogP contribution is 2.40. The van der Waals surface area contributed by atoms with Gasteiger partial charge in [-0.15, -0.1) is 11.3 Å². The van der Waals surface area contributed by atoms with Crippen LogP contribution in [0.4, 0.5) is 17.3 Å². The fraction of sp³-hybridized carbons (Fsp3) is 0.364. The second-order valence-electron chi connectivity index (χ2n) is 8.73. The summed E-state index contributed by atoms with van der Waals surface area (Å²) in [4.78, 5) is 26.9. The Labute approximate surface area is 200 Å². The van der Waals surface area contributed by atoms with E-state index in [1.807, 2.05) is 0 Å². The molecule has 2 heterocycles. The van der Waals surface area contributed by atoms with Gasteiger partial charge < -0.3 is 25.7 Å². The average molecular weight is 490 g/mol. The number of phenolic OH excluding ortho intramolecular Hbond substituents is 1. The number of carbonyl (C=O) groups excluding carboxylic acids is 1. The van der Waals surface area contributed by atoms with Crippen molar-refractivity contribution in [1.29, 1.82) is 0 Å². The van der Waals surface area contributed by atoms with E-state index in [-0.39, 0.29) is 28.5 Å². The van der Waals surface area contributed by atoms with Crippen LogP contribution >= 0.6 is 23.1 Å². The first-order valence-corrected chi connectivity index (χ1v) is 11.7. The Kier molecular flexibility index (Phi) is 7.23. The number of amides is 1. The molecule has 176 valence electrons. The van der Waals surface area contributed by atoms with Crippen molar-refractivity contribution in [3.63, 3.8) is 0 Å². The summed E-state index contributed by atoms with van der Waals surface area (Å²) in [6, 6.07) is 8.81. The molecule has 0 fully saturated rings. The fourth-order valence-corrected chi connectivity index (χ4v) is 4.90. The number of thiophene rings is 1. The van der Waals surface area contributed by atoms with Crippen molar-refractivity contribution in [2.75, 3.05) is 24.2 Å². The van der Waals surface area contributed by atoms with E-state index in [1.165, 1.54) is 22.9 Å². The molecule has 0 saturated carbocycles. The highest BCUT2D eigenvalue weighted by atomic mass is 32.1. The van der Waals surface area contributed by atoms with Crippen molar-refractivity contribution in [2.24, 2.45) is 5.41 Å². The van der Waals surface area contributed by atoms with Gasteiger partial charge in [0, 0.05) is 16.8 Å². The molecule has 0 unspecified atom stereocenters. The van der Waals surface area contributed by atoms with Crippen LogP contribution in [0.1, 0.15) is 46.9 Å². The smallest absolute Gasteiger partial charge is 0.323 e. The van der Waals surface area contributed by atoms with Crippen LogP contribution in [0.25, 0.3) is 0 Å². The third-order valence-corrected chi connectivity index (χ3v) is 6.51. The van der Waals surface area contributed by atoms with E-state index in [0.717, 1.165) is 16.6 Å². The largest absolute Gasteiger partial charge is 0.505 e. The maximum absolute atomic E-state index is 12.6. The Balaban J connectivity index is 1.86. The van der Waals surface area contributed by atoms with Crippen LogP contribution in [0.5, 0.6) is 5.75 Å². The number of rotatable bonds is 8. The maximum atomic E-state index is 12.6. The number of benzene rings is 1.